The second-order valence-electron chi connectivity index (χ2n) is 8.03. The monoisotopic (exact) mass is 409 g/mol. The molecule has 0 spiro atoms. The molecule has 2 aromatic rings. The molecule has 0 aromatic heterocycles. The Morgan fingerprint density at radius 1 is 1.17 bits per heavy atom. The van der Waals surface area contributed by atoms with Crippen molar-refractivity contribution in [3.05, 3.63) is 71.5 Å². The topological polar surface area (TPSA) is 69.7 Å². The molecule has 0 bridgehead atoms. The van der Waals surface area contributed by atoms with Crippen molar-refractivity contribution in [2.45, 2.75) is 37.8 Å². The smallest absolute Gasteiger partial charge is 0.325 e. The maximum atomic E-state index is 13.5. The summed E-state index contributed by atoms with van der Waals surface area (Å²) in [7, 11) is 0. The van der Waals surface area contributed by atoms with E-state index in [1.54, 1.807) is 42.2 Å². The van der Waals surface area contributed by atoms with Crippen LogP contribution < -0.4 is 5.32 Å². The average Bonchev–Trinajstić information content (AvgIpc) is 3.27. The fourth-order valence-electron chi connectivity index (χ4n) is 4.35. The summed E-state index contributed by atoms with van der Waals surface area (Å²) < 4.78 is 13.5. The summed E-state index contributed by atoms with van der Waals surface area (Å²) in [6, 6.07) is 14.7. The van der Waals surface area contributed by atoms with Gasteiger partial charge in [0.1, 0.15) is 17.9 Å². The zero-order valence-corrected chi connectivity index (χ0v) is 16.8. The van der Waals surface area contributed by atoms with Gasteiger partial charge >= 0.3 is 6.03 Å². The number of imide groups is 1. The highest BCUT2D eigenvalue weighted by atomic mass is 19.1. The molecule has 1 N–H and O–H groups in total. The van der Waals surface area contributed by atoms with Crippen molar-refractivity contribution in [3.63, 3.8) is 0 Å². The lowest BCUT2D eigenvalue weighted by atomic mass is 9.92. The number of benzene rings is 2. The van der Waals surface area contributed by atoms with Gasteiger partial charge in [0.15, 0.2) is 0 Å². The minimum Gasteiger partial charge on any atom is -0.338 e. The minimum atomic E-state index is -1.19. The molecule has 30 heavy (non-hydrogen) atoms. The summed E-state index contributed by atoms with van der Waals surface area (Å²) in [5, 5.41) is 2.72. The SMILES string of the molecule is CC1(c2ccccc2)NC(=O)N(CC(=O)N2CCCC2Cc2cccc(F)c2)C1=O. The molecule has 7 heteroatoms. The van der Waals surface area contributed by atoms with Crippen LogP contribution in [0.15, 0.2) is 54.6 Å². The first-order valence-electron chi connectivity index (χ1n) is 10.1. The number of amides is 4. The van der Waals surface area contributed by atoms with Gasteiger partial charge in [0, 0.05) is 12.6 Å². The largest absolute Gasteiger partial charge is 0.338 e. The minimum absolute atomic E-state index is 0.0689. The maximum Gasteiger partial charge on any atom is 0.325 e. The second kappa shape index (κ2) is 7.89. The van der Waals surface area contributed by atoms with Crippen molar-refractivity contribution in [1.29, 1.82) is 0 Å². The third-order valence-corrected chi connectivity index (χ3v) is 5.98. The third-order valence-electron chi connectivity index (χ3n) is 5.98. The van der Waals surface area contributed by atoms with E-state index in [4.69, 9.17) is 0 Å². The van der Waals surface area contributed by atoms with Gasteiger partial charge in [-0.15, -0.1) is 0 Å². The Kier molecular flexibility index (Phi) is 5.28. The molecule has 2 aliphatic rings. The summed E-state index contributed by atoms with van der Waals surface area (Å²) in [5.74, 6) is -1.01. The lowest BCUT2D eigenvalue weighted by Gasteiger charge is -2.27. The molecule has 4 amide bonds. The predicted molar refractivity (Wildman–Crippen MR) is 109 cm³/mol. The molecule has 0 radical (unpaired) electrons. The zero-order valence-electron chi connectivity index (χ0n) is 16.8. The number of nitrogens with zero attached hydrogens (tertiary/aromatic N) is 2. The van der Waals surface area contributed by atoms with Gasteiger partial charge < -0.3 is 10.2 Å². The lowest BCUT2D eigenvalue weighted by Crippen LogP contribution is -2.46. The van der Waals surface area contributed by atoms with Crippen molar-refractivity contribution in [3.8, 4) is 0 Å². The summed E-state index contributed by atoms with van der Waals surface area (Å²) >= 11 is 0. The molecule has 0 aliphatic carbocycles. The number of rotatable bonds is 5. The van der Waals surface area contributed by atoms with Gasteiger partial charge in [-0.3, -0.25) is 14.5 Å². The second-order valence-corrected chi connectivity index (χ2v) is 8.03. The van der Waals surface area contributed by atoms with Crippen LogP contribution in [0.2, 0.25) is 0 Å². The first-order valence-corrected chi connectivity index (χ1v) is 10.1. The Bertz CT molecular complexity index is 981. The van der Waals surface area contributed by atoms with Gasteiger partial charge in [0.05, 0.1) is 0 Å². The van der Waals surface area contributed by atoms with Crippen molar-refractivity contribution < 1.29 is 18.8 Å². The van der Waals surface area contributed by atoms with Crippen molar-refractivity contribution >= 4 is 17.8 Å². The van der Waals surface area contributed by atoms with E-state index < -0.39 is 17.5 Å². The summed E-state index contributed by atoms with van der Waals surface area (Å²) in [5.41, 5.74) is 0.305. The Balaban J connectivity index is 1.46. The highest BCUT2D eigenvalue weighted by Gasteiger charge is 2.50. The van der Waals surface area contributed by atoms with E-state index in [0.717, 1.165) is 23.3 Å². The Morgan fingerprint density at radius 3 is 2.67 bits per heavy atom. The molecule has 2 saturated heterocycles. The summed E-state index contributed by atoms with van der Waals surface area (Å²) in [6.45, 7) is 1.92. The normalized spacial score (nSPS) is 23.7. The summed E-state index contributed by atoms with van der Waals surface area (Å²) in [6.07, 6.45) is 2.20. The molecule has 6 nitrogen and oxygen atoms in total. The van der Waals surface area contributed by atoms with E-state index in [1.807, 2.05) is 12.1 Å². The van der Waals surface area contributed by atoms with E-state index in [9.17, 15) is 18.8 Å². The highest BCUT2D eigenvalue weighted by Crippen LogP contribution is 2.29. The fraction of sp³-hybridized carbons (Fsp3) is 0.348. The molecule has 2 heterocycles. The van der Waals surface area contributed by atoms with E-state index in [1.165, 1.54) is 12.1 Å². The van der Waals surface area contributed by atoms with Gasteiger partial charge in [-0.05, 0) is 49.4 Å². The molecule has 0 saturated carbocycles. The number of hydrogen-bond donors (Lipinski definition) is 1. The number of carbonyl (C=O) groups excluding carboxylic acids is 3. The molecule has 156 valence electrons. The van der Waals surface area contributed by atoms with Crippen LogP contribution in [0, 0.1) is 5.82 Å². The van der Waals surface area contributed by atoms with Crippen LogP contribution >= 0.6 is 0 Å². The lowest BCUT2D eigenvalue weighted by molar-refractivity contribution is -0.139. The van der Waals surface area contributed by atoms with Crippen LogP contribution in [0.25, 0.3) is 0 Å². The van der Waals surface area contributed by atoms with Gasteiger partial charge in [-0.1, -0.05) is 42.5 Å². The number of nitrogens with one attached hydrogen (secondary N) is 1. The number of likely N-dealkylation sites (tertiary alicyclic amines) is 1. The van der Waals surface area contributed by atoms with E-state index in [-0.39, 0.29) is 24.3 Å². The number of urea groups is 1. The van der Waals surface area contributed by atoms with E-state index >= 15 is 0 Å². The fourth-order valence-corrected chi connectivity index (χ4v) is 4.35. The first kappa shape index (κ1) is 20.1. The number of carbonyl (C=O) groups is 3. The number of hydrogen-bond acceptors (Lipinski definition) is 3. The van der Waals surface area contributed by atoms with Gasteiger partial charge in [0.25, 0.3) is 5.91 Å². The van der Waals surface area contributed by atoms with Crippen LogP contribution in [0.1, 0.15) is 30.9 Å². The van der Waals surface area contributed by atoms with Gasteiger partial charge in [-0.25, -0.2) is 9.18 Å². The Hall–Kier alpha value is -3.22. The van der Waals surface area contributed by atoms with Crippen molar-refractivity contribution in [2.75, 3.05) is 13.1 Å². The molecule has 2 unspecified atom stereocenters. The standard InChI is InChI=1S/C23H24FN3O3/c1-23(17-8-3-2-4-9-17)21(29)27(22(30)25-23)15-20(28)26-12-6-11-19(26)14-16-7-5-10-18(24)13-16/h2-5,7-10,13,19H,6,11-12,14-15H2,1H3,(H,25,30). The predicted octanol–water partition coefficient (Wildman–Crippen LogP) is 2.83. The Labute approximate surface area is 174 Å². The molecule has 2 fully saturated rings. The average molecular weight is 409 g/mol. The van der Waals surface area contributed by atoms with Crippen LogP contribution in [0.3, 0.4) is 0 Å². The molecule has 4 rings (SSSR count). The van der Waals surface area contributed by atoms with Crippen LogP contribution in [-0.4, -0.2) is 46.8 Å². The van der Waals surface area contributed by atoms with Crippen LogP contribution in [-0.2, 0) is 21.5 Å². The van der Waals surface area contributed by atoms with Gasteiger partial charge in [-0.2, -0.15) is 0 Å². The highest BCUT2D eigenvalue weighted by molar-refractivity contribution is 6.09. The number of halogens is 1. The van der Waals surface area contributed by atoms with E-state index in [2.05, 4.69) is 5.32 Å². The third kappa shape index (κ3) is 3.67. The molecule has 2 aliphatic heterocycles. The van der Waals surface area contributed by atoms with Crippen molar-refractivity contribution in [2.24, 2.45) is 0 Å². The zero-order chi connectivity index (χ0) is 21.3. The van der Waals surface area contributed by atoms with Gasteiger partial charge in [0.2, 0.25) is 5.91 Å². The van der Waals surface area contributed by atoms with Crippen LogP contribution in [0.4, 0.5) is 9.18 Å². The maximum absolute atomic E-state index is 13.5. The quantitative estimate of drug-likeness (QED) is 0.772. The van der Waals surface area contributed by atoms with E-state index in [0.29, 0.717) is 18.5 Å². The Morgan fingerprint density at radius 2 is 1.93 bits per heavy atom. The molecular weight excluding hydrogens is 385 g/mol. The van der Waals surface area contributed by atoms with Crippen molar-refractivity contribution in [1.82, 2.24) is 15.1 Å². The van der Waals surface area contributed by atoms with Crippen LogP contribution in [0.5, 0.6) is 0 Å². The molecular formula is C23H24FN3O3. The molecule has 2 atom stereocenters. The summed E-state index contributed by atoms with van der Waals surface area (Å²) in [4.78, 5) is 41.2. The first-order chi connectivity index (χ1) is 14.4. The molecule has 2 aromatic carbocycles.